The van der Waals surface area contributed by atoms with Gasteiger partial charge in [0.25, 0.3) is 5.91 Å². The Labute approximate surface area is 161 Å². The Morgan fingerprint density at radius 3 is 2.71 bits per heavy atom. The van der Waals surface area contributed by atoms with Gasteiger partial charge in [-0.25, -0.2) is 9.97 Å². The number of halogens is 3. The Kier molecular flexibility index (Phi) is 4.72. The molecule has 5 nitrogen and oxygen atoms in total. The Morgan fingerprint density at radius 2 is 2.04 bits per heavy atom. The van der Waals surface area contributed by atoms with Gasteiger partial charge in [0.2, 0.25) is 0 Å². The number of alkyl halides is 3. The molecule has 4 rings (SSSR count). The third-order valence-electron chi connectivity index (χ3n) is 5.49. The predicted molar refractivity (Wildman–Crippen MR) is 97.7 cm³/mol. The summed E-state index contributed by atoms with van der Waals surface area (Å²) in [7, 11) is 0. The molecule has 2 aromatic rings. The summed E-state index contributed by atoms with van der Waals surface area (Å²) in [4.78, 5) is 23.0. The zero-order valence-electron chi connectivity index (χ0n) is 15.4. The standard InChI is InChI=1S/C20H21F3N4O/c1-12-3-2-4-17(26-12)19(28)27-11-14-7-13(14)8-16(27)10-25-18-6-5-15(9-24-18)20(21,22)23/h2-6,9,13-14,16H,7-8,10-11H2,1H3,(H,24,25). The summed E-state index contributed by atoms with van der Waals surface area (Å²) < 4.78 is 38.0. The monoisotopic (exact) mass is 390 g/mol. The normalized spacial score (nSPS) is 23.9. The van der Waals surface area contributed by atoms with E-state index in [-0.39, 0.29) is 11.9 Å². The zero-order valence-corrected chi connectivity index (χ0v) is 15.4. The third-order valence-corrected chi connectivity index (χ3v) is 5.49. The van der Waals surface area contributed by atoms with Gasteiger partial charge in [0.05, 0.1) is 5.56 Å². The fraction of sp³-hybridized carbons (Fsp3) is 0.450. The maximum Gasteiger partial charge on any atom is 0.417 e. The van der Waals surface area contributed by atoms with Crippen molar-refractivity contribution in [2.75, 3.05) is 18.4 Å². The van der Waals surface area contributed by atoms with Crippen LogP contribution < -0.4 is 5.32 Å². The van der Waals surface area contributed by atoms with Crippen molar-refractivity contribution in [1.82, 2.24) is 14.9 Å². The van der Waals surface area contributed by atoms with E-state index in [1.54, 1.807) is 6.07 Å². The summed E-state index contributed by atoms with van der Waals surface area (Å²) >= 11 is 0. The number of piperidine rings is 1. The van der Waals surface area contributed by atoms with Crippen LogP contribution in [0.2, 0.25) is 0 Å². The number of hydrogen-bond donors (Lipinski definition) is 1. The van der Waals surface area contributed by atoms with Crippen LogP contribution in [-0.4, -0.2) is 39.9 Å². The van der Waals surface area contributed by atoms with Gasteiger partial charge in [0, 0.05) is 31.0 Å². The van der Waals surface area contributed by atoms with E-state index in [2.05, 4.69) is 15.3 Å². The number of amides is 1. The summed E-state index contributed by atoms with van der Waals surface area (Å²) in [5.41, 5.74) is 0.436. The Balaban J connectivity index is 1.45. The van der Waals surface area contributed by atoms with Crippen molar-refractivity contribution in [2.24, 2.45) is 11.8 Å². The third kappa shape index (κ3) is 3.95. The van der Waals surface area contributed by atoms with E-state index < -0.39 is 11.7 Å². The number of anilines is 1. The number of pyridine rings is 2. The first-order chi connectivity index (χ1) is 13.3. The first-order valence-electron chi connectivity index (χ1n) is 9.33. The number of likely N-dealkylation sites (tertiary alicyclic amines) is 1. The first-order valence-corrected chi connectivity index (χ1v) is 9.33. The van der Waals surface area contributed by atoms with E-state index in [4.69, 9.17) is 0 Å². The van der Waals surface area contributed by atoms with E-state index in [0.29, 0.717) is 36.4 Å². The van der Waals surface area contributed by atoms with Crippen molar-refractivity contribution in [3.63, 3.8) is 0 Å². The quantitative estimate of drug-likeness (QED) is 0.864. The highest BCUT2D eigenvalue weighted by Gasteiger charge is 2.47. The van der Waals surface area contributed by atoms with Crippen LogP contribution in [0.4, 0.5) is 19.0 Å². The van der Waals surface area contributed by atoms with Gasteiger partial charge in [0.1, 0.15) is 11.5 Å². The minimum atomic E-state index is -4.40. The minimum absolute atomic E-state index is 0.0392. The van der Waals surface area contributed by atoms with Gasteiger partial charge < -0.3 is 10.2 Å². The smallest absolute Gasteiger partial charge is 0.368 e. The van der Waals surface area contributed by atoms with E-state index in [9.17, 15) is 18.0 Å². The second-order valence-corrected chi connectivity index (χ2v) is 7.58. The van der Waals surface area contributed by atoms with Crippen LogP contribution in [0.15, 0.2) is 36.5 Å². The molecule has 3 atom stereocenters. The maximum absolute atomic E-state index is 13.0. The Morgan fingerprint density at radius 1 is 1.21 bits per heavy atom. The van der Waals surface area contributed by atoms with E-state index in [1.807, 2.05) is 24.0 Å². The highest BCUT2D eigenvalue weighted by Crippen LogP contribution is 2.47. The molecule has 1 saturated carbocycles. The first kappa shape index (κ1) is 18.7. The van der Waals surface area contributed by atoms with Gasteiger partial charge in [-0.3, -0.25) is 4.79 Å². The molecule has 0 bridgehead atoms. The molecular formula is C20H21F3N4O. The van der Waals surface area contributed by atoms with Crippen molar-refractivity contribution in [2.45, 2.75) is 32.0 Å². The van der Waals surface area contributed by atoms with Crippen molar-refractivity contribution in [3.05, 3.63) is 53.5 Å². The molecular weight excluding hydrogens is 369 g/mol. The van der Waals surface area contributed by atoms with Crippen LogP contribution in [0.3, 0.4) is 0 Å². The minimum Gasteiger partial charge on any atom is -0.368 e. The van der Waals surface area contributed by atoms with E-state index in [0.717, 1.165) is 30.8 Å². The Hall–Kier alpha value is -2.64. The van der Waals surface area contributed by atoms with Gasteiger partial charge in [-0.2, -0.15) is 13.2 Å². The lowest BCUT2D eigenvalue weighted by Crippen LogP contribution is -2.48. The average Bonchev–Trinajstić information content (AvgIpc) is 3.43. The molecule has 1 aliphatic heterocycles. The van der Waals surface area contributed by atoms with Crippen molar-refractivity contribution in [1.29, 1.82) is 0 Å². The molecule has 1 amide bonds. The van der Waals surface area contributed by atoms with Gasteiger partial charge in [-0.05, 0) is 55.9 Å². The molecule has 3 heterocycles. The number of rotatable bonds is 4. The van der Waals surface area contributed by atoms with Gasteiger partial charge in [-0.15, -0.1) is 0 Å². The molecule has 1 saturated heterocycles. The summed E-state index contributed by atoms with van der Waals surface area (Å²) in [5.74, 6) is 1.45. The van der Waals surface area contributed by atoms with Crippen LogP contribution in [0.1, 0.15) is 34.6 Å². The second kappa shape index (κ2) is 7.07. The molecule has 1 N–H and O–H groups in total. The van der Waals surface area contributed by atoms with Crippen LogP contribution in [-0.2, 0) is 6.18 Å². The fourth-order valence-corrected chi connectivity index (χ4v) is 3.84. The molecule has 2 aliphatic rings. The van der Waals surface area contributed by atoms with Crippen LogP contribution >= 0.6 is 0 Å². The van der Waals surface area contributed by atoms with Crippen LogP contribution in [0.25, 0.3) is 0 Å². The predicted octanol–water partition coefficient (Wildman–Crippen LogP) is 3.77. The fourth-order valence-electron chi connectivity index (χ4n) is 3.84. The summed E-state index contributed by atoms with van der Waals surface area (Å²) in [6, 6.07) is 7.67. The molecule has 3 unspecified atom stereocenters. The highest BCUT2D eigenvalue weighted by molar-refractivity contribution is 5.92. The number of carbonyl (C=O) groups excluding carboxylic acids is 1. The van der Waals surface area contributed by atoms with Crippen molar-refractivity contribution >= 4 is 11.7 Å². The number of fused-ring (bicyclic) bond motifs is 1. The van der Waals surface area contributed by atoms with Crippen molar-refractivity contribution in [3.8, 4) is 0 Å². The number of aryl methyl sites for hydroxylation is 1. The molecule has 148 valence electrons. The van der Waals surface area contributed by atoms with Crippen LogP contribution in [0, 0.1) is 18.8 Å². The molecule has 0 aromatic carbocycles. The number of aromatic nitrogens is 2. The number of nitrogens with zero attached hydrogens (tertiary/aromatic N) is 3. The van der Waals surface area contributed by atoms with Crippen LogP contribution in [0.5, 0.6) is 0 Å². The summed E-state index contributed by atoms with van der Waals surface area (Å²) in [5, 5.41) is 3.09. The largest absolute Gasteiger partial charge is 0.417 e. The van der Waals surface area contributed by atoms with E-state index >= 15 is 0 Å². The molecule has 0 radical (unpaired) electrons. The molecule has 28 heavy (non-hydrogen) atoms. The molecule has 2 fully saturated rings. The number of nitrogens with one attached hydrogen (secondary N) is 1. The lowest BCUT2D eigenvalue weighted by Gasteiger charge is -2.35. The molecule has 1 aliphatic carbocycles. The molecule has 8 heteroatoms. The highest BCUT2D eigenvalue weighted by atomic mass is 19.4. The SMILES string of the molecule is Cc1cccc(C(=O)N2CC3CC3CC2CNc2ccc(C(F)(F)F)cn2)n1. The average molecular weight is 390 g/mol. The Bertz CT molecular complexity index is 868. The zero-order chi connectivity index (χ0) is 19.9. The topological polar surface area (TPSA) is 58.1 Å². The second-order valence-electron chi connectivity index (χ2n) is 7.58. The number of hydrogen-bond acceptors (Lipinski definition) is 4. The maximum atomic E-state index is 13.0. The van der Waals surface area contributed by atoms with Crippen molar-refractivity contribution < 1.29 is 18.0 Å². The molecule has 2 aromatic heterocycles. The lowest BCUT2D eigenvalue weighted by molar-refractivity contribution is -0.137. The van der Waals surface area contributed by atoms with Gasteiger partial charge >= 0.3 is 6.18 Å². The lowest BCUT2D eigenvalue weighted by atomic mass is 10.0. The summed E-state index contributed by atoms with van der Waals surface area (Å²) in [6.07, 6.45) is -1.57. The van der Waals surface area contributed by atoms with E-state index in [1.165, 1.54) is 6.07 Å². The summed E-state index contributed by atoms with van der Waals surface area (Å²) in [6.45, 7) is 2.99. The van der Waals surface area contributed by atoms with Gasteiger partial charge in [0.15, 0.2) is 0 Å². The number of carbonyl (C=O) groups is 1. The molecule has 0 spiro atoms. The van der Waals surface area contributed by atoms with Gasteiger partial charge in [-0.1, -0.05) is 6.07 Å².